The lowest BCUT2D eigenvalue weighted by molar-refractivity contribution is 0.0707. The maximum atomic E-state index is 14.1. The monoisotopic (exact) mass is 348 g/mol. The highest BCUT2D eigenvalue weighted by Gasteiger charge is 2.38. The van der Waals surface area contributed by atoms with Crippen molar-refractivity contribution in [2.24, 2.45) is 0 Å². The van der Waals surface area contributed by atoms with Crippen LogP contribution < -0.4 is 0 Å². The molecule has 132 valence electrons. The van der Waals surface area contributed by atoms with Gasteiger partial charge < -0.3 is 14.4 Å². The first-order valence-electron chi connectivity index (χ1n) is 8.42. The van der Waals surface area contributed by atoms with Crippen molar-refractivity contribution in [2.75, 3.05) is 6.54 Å². The van der Waals surface area contributed by atoms with E-state index in [0.29, 0.717) is 5.89 Å². The van der Waals surface area contributed by atoms with Crippen LogP contribution in [-0.4, -0.2) is 33.5 Å². The second-order valence-corrected chi connectivity index (χ2v) is 6.73. The van der Waals surface area contributed by atoms with Crippen LogP contribution in [0.1, 0.15) is 59.6 Å². The van der Waals surface area contributed by atoms with Crippen LogP contribution in [0.2, 0.25) is 0 Å². The highest BCUT2D eigenvalue weighted by molar-refractivity contribution is 5.92. The van der Waals surface area contributed by atoms with Gasteiger partial charge in [0.15, 0.2) is 11.6 Å². The molecule has 1 aromatic heterocycles. The SMILES string of the molecule is O=C(c1coc(C2CCC2)n1)N1C[C@@H](O)C[C@H]1c1cc(F)ccc1F. The molecule has 1 amide bonds. The fourth-order valence-electron chi connectivity index (χ4n) is 3.48. The van der Waals surface area contributed by atoms with Gasteiger partial charge in [-0.3, -0.25) is 4.79 Å². The number of rotatable bonds is 3. The number of benzene rings is 1. The Morgan fingerprint density at radius 3 is 2.84 bits per heavy atom. The van der Waals surface area contributed by atoms with E-state index < -0.39 is 29.7 Å². The number of hydrogen-bond donors (Lipinski definition) is 1. The average molecular weight is 348 g/mol. The molecule has 0 bridgehead atoms. The molecule has 1 aliphatic carbocycles. The molecule has 2 heterocycles. The molecule has 1 saturated carbocycles. The number of likely N-dealkylation sites (tertiary alicyclic amines) is 1. The highest BCUT2D eigenvalue weighted by atomic mass is 19.1. The van der Waals surface area contributed by atoms with Crippen LogP contribution in [0.25, 0.3) is 0 Å². The van der Waals surface area contributed by atoms with Crippen molar-refractivity contribution in [2.45, 2.75) is 43.7 Å². The molecule has 2 aliphatic rings. The number of aliphatic hydroxyl groups is 1. The second kappa shape index (κ2) is 6.22. The lowest BCUT2D eigenvalue weighted by Gasteiger charge is -2.24. The average Bonchev–Trinajstić information content (AvgIpc) is 3.14. The lowest BCUT2D eigenvalue weighted by atomic mass is 9.85. The molecule has 0 radical (unpaired) electrons. The van der Waals surface area contributed by atoms with Gasteiger partial charge in [-0.05, 0) is 37.5 Å². The van der Waals surface area contributed by atoms with Crippen LogP contribution in [0.15, 0.2) is 28.9 Å². The minimum absolute atomic E-state index is 0.0467. The Balaban J connectivity index is 1.61. The minimum atomic E-state index is -0.797. The molecule has 1 aliphatic heterocycles. The Morgan fingerprint density at radius 2 is 2.12 bits per heavy atom. The zero-order valence-electron chi connectivity index (χ0n) is 13.5. The largest absolute Gasteiger partial charge is 0.448 e. The van der Waals surface area contributed by atoms with E-state index in [0.717, 1.165) is 37.5 Å². The normalized spacial score (nSPS) is 23.7. The van der Waals surface area contributed by atoms with E-state index in [1.54, 1.807) is 0 Å². The summed E-state index contributed by atoms with van der Waals surface area (Å²) in [7, 11) is 0. The number of amides is 1. The number of oxazole rings is 1. The highest BCUT2D eigenvalue weighted by Crippen LogP contribution is 2.37. The van der Waals surface area contributed by atoms with Crippen molar-refractivity contribution in [3.8, 4) is 0 Å². The van der Waals surface area contributed by atoms with Gasteiger partial charge in [-0.15, -0.1) is 0 Å². The molecular weight excluding hydrogens is 330 g/mol. The summed E-state index contributed by atoms with van der Waals surface area (Å²) in [6, 6.07) is 2.39. The Labute approximate surface area is 143 Å². The summed E-state index contributed by atoms with van der Waals surface area (Å²) in [5, 5.41) is 9.97. The molecule has 5 nitrogen and oxygen atoms in total. The van der Waals surface area contributed by atoms with Crippen LogP contribution in [0, 0.1) is 11.6 Å². The van der Waals surface area contributed by atoms with Crippen LogP contribution in [0.3, 0.4) is 0 Å². The van der Waals surface area contributed by atoms with Crippen molar-refractivity contribution in [3.63, 3.8) is 0 Å². The topological polar surface area (TPSA) is 66.6 Å². The van der Waals surface area contributed by atoms with Gasteiger partial charge in [0, 0.05) is 18.0 Å². The van der Waals surface area contributed by atoms with Crippen LogP contribution >= 0.6 is 0 Å². The predicted octanol–water partition coefficient (Wildman–Crippen LogP) is 3.17. The Bertz CT molecular complexity index is 803. The first kappa shape index (κ1) is 16.2. The van der Waals surface area contributed by atoms with Gasteiger partial charge >= 0.3 is 0 Å². The quantitative estimate of drug-likeness (QED) is 0.925. The first-order valence-corrected chi connectivity index (χ1v) is 8.42. The Hall–Kier alpha value is -2.28. The van der Waals surface area contributed by atoms with Crippen molar-refractivity contribution in [1.82, 2.24) is 9.88 Å². The fourth-order valence-corrected chi connectivity index (χ4v) is 3.48. The van der Waals surface area contributed by atoms with Gasteiger partial charge in [0.1, 0.15) is 17.9 Å². The van der Waals surface area contributed by atoms with E-state index >= 15 is 0 Å². The molecule has 1 N–H and O–H groups in total. The molecule has 2 fully saturated rings. The predicted molar refractivity (Wildman–Crippen MR) is 83.9 cm³/mol. The van der Waals surface area contributed by atoms with Gasteiger partial charge in [-0.2, -0.15) is 0 Å². The fraction of sp³-hybridized carbons (Fsp3) is 0.444. The van der Waals surface area contributed by atoms with Gasteiger partial charge in [0.05, 0.1) is 12.1 Å². The number of aromatic nitrogens is 1. The number of carbonyl (C=O) groups is 1. The Morgan fingerprint density at radius 1 is 1.32 bits per heavy atom. The number of β-amino-alcohol motifs (C(OH)–C–C–N with tert-alkyl or cyclic N) is 1. The molecular formula is C18H18F2N2O3. The van der Waals surface area contributed by atoms with Gasteiger partial charge in [0.2, 0.25) is 0 Å². The van der Waals surface area contributed by atoms with Gasteiger partial charge in [-0.25, -0.2) is 13.8 Å². The number of hydrogen-bond acceptors (Lipinski definition) is 4. The third-order valence-electron chi connectivity index (χ3n) is 5.05. The molecule has 0 spiro atoms. The summed E-state index contributed by atoms with van der Waals surface area (Å²) in [5.41, 5.74) is 0.199. The molecule has 1 saturated heterocycles. The molecule has 2 aromatic rings. The number of carbonyl (C=O) groups excluding carboxylic acids is 1. The molecule has 4 rings (SSSR count). The van der Waals surface area contributed by atoms with E-state index in [1.165, 1.54) is 11.2 Å². The zero-order valence-corrected chi connectivity index (χ0v) is 13.5. The maximum Gasteiger partial charge on any atom is 0.276 e. The van der Waals surface area contributed by atoms with Crippen LogP contribution in [0.5, 0.6) is 0 Å². The molecule has 1 aromatic carbocycles. The third-order valence-corrected chi connectivity index (χ3v) is 5.05. The van der Waals surface area contributed by atoms with Crippen molar-refractivity contribution >= 4 is 5.91 Å². The summed E-state index contributed by atoms with van der Waals surface area (Å²) in [4.78, 5) is 18.4. The van der Waals surface area contributed by atoms with Gasteiger partial charge in [0.25, 0.3) is 5.91 Å². The summed E-state index contributed by atoms with van der Waals surface area (Å²) in [5.74, 6) is -0.836. The minimum Gasteiger partial charge on any atom is -0.448 e. The standard InChI is InChI=1S/C18H18F2N2O3/c19-11-4-5-14(20)13(6-11)16-7-12(23)8-22(16)18(24)15-9-25-17(21-15)10-2-1-3-10/h4-6,9-10,12,16,23H,1-3,7-8H2/t12-,16-/m0/s1. The van der Waals surface area contributed by atoms with Crippen LogP contribution in [-0.2, 0) is 0 Å². The van der Waals surface area contributed by atoms with E-state index in [4.69, 9.17) is 4.42 Å². The molecule has 7 heteroatoms. The summed E-state index contributed by atoms with van der Waals surface area (Å²) >= 11 is 0. The molecule has 25 heavy (non-hydrogen) atoms. The summed E-state index contributed by atoms with van der Waals surface area (Å²) < 4.78 is 33.1. The van der Waals surface area contributed by atoms with E-state index in [9.17, 15) is 18.7 Å². The van der Waals surface area contributed by atoms with Gasteiger partial charge in [-0.1, -0.05) is 6.42 Å². The Kier molecular flexibility index (Phi) is 4.03. The number of nitrogens with zero attached hydrogens (tertiary/aromatic N) is 2. The van der Waals surface area contributed by atoms with Crippen molar-refractivity contribution < 1.29 is 23.1 Å². The first-order chi connectivity index (χ1) is 12.0. The maximum absolute atomic E-state index is 14.1. The smallest absolute Gasteiger partial charge is 0.276 e. The van der Waals surface area contributed by atoms with E-state index in [1.807, 2.05) is 0 Å². The molecule has 0 unspecified atom stereocenters. The van der Waals surface area contributed by atoms with Crippen LogP contribution in [0.4, 0.5) is 8.78 Å². The molecule has 2 atom stereocenters. The summed E-state index contributed by atoms with van der Waals surface area (Å²) in [6.07, 6.45) is 3.77. The summed E-state index contributed by atoms with van der Waals surface area (Å²) in [6.45, 7) is 0.0467. The third kappa shape index (κ3) is 2.93. The number of halogens is 2. The lowest BCUT2D eigenvalue weighted by Crippen LogP contribution is -2.32. The van der Waals surface area contributed by atoms with Crippen molar-refractivity contribution in [1.29, 1.82) is 0 Å². The zero-order chi connectivity index (χ0) is 17.6. The van der Waals surface area contributed by atoms with E-state index in [-0.39, 0.29) is 30.1 Å². The van der Waals surface area contributed by atoms with Crippen molar-refractivity contribution in [3.05, 3.63) is 53.2 Å². The van der Waals surface area contributed by atoms with E-state index in [2.05, 4.69) is 4.98 Å². The second-order valence-electron chi connectivity index (χ2n) is 6.73. The number of aliphatic hydroxyl groups excluding tert-OH is 1.